The van der Waals surface area contributed by atoms with E-state index >= 15 is 0 Å². The molecule has 4 nitrogen and oxygen atoms in total. The van der Waals surface area contributed by atoms with Crippen molar-refractivity contribution in [3.8, 4) is 0 Å². The summed E-state index contributed by atoms with van der Waals surface area (Å²) in [5.74, 6) is 0.942. The van der Waals surface area contributed by atoms with E-state index in [0.717, 1.165) is 30.2 Å². The Hall–Kier alpha value is -0.680. The van der Waals surface area contributed by atoms with Crippen LogP contribution in [0.5, 0.6) is 0 Å². The number of aryl methyl sites for hydroxylation is 1. The van der Waals surface area contributed by atoms with Crippen LogP contribution in [0.25, 0.3) is 0 Å². The zero-order chi connectivity index (χ0) is 11.1. The average Bonchev–Trinajstić information content (AvgIpc) is 2.66. The van der Waals surface area contributed by atoms with Crippen molar-refractivity contribution in [2.24, 2.45) is 0 Å². The van der Waals surface area contributed by atoms with Crippen molar-refractivity contribution >= 4 is 16.7 Å². The first-order valence-electron chi connectivity index (χ1n) is 5.38. The number of nitrogens with one attached hydrogen (secondary N) is 1. The summed E-state index contributed by atoms with van der Waals surface area (Å²) in [5, 5.41) is 4.23. The van der Waals surface area contributed by atoms with Gasteiger partial charge in [0, 0.05) is 25.1 Å². The number of hydrogen-bond donors (Lipinski definition) is 1. The fourth-order valence-corrected chi connectivity index (χ4v) is 1.96. The second-order valence-corrected chi connectivity index (χ2v) is 4.22. The first kappa shape index (κ1) is 12.4. The van der Waals surface area contributed by atoms with Gasteiger partial charge in [0.1, 0.15) is 5.82 Å². The van der Waals surface area contributed by atoms with Crippen LogP contribution < -0.4 is 5.32 Å². The fraction of sp³-hybridized carbons (Fsp3) is 0.800. The number of hydrogen-bond acceptors (Lipinski definition) is 5. The molecule has 0 aliphatic carbocycles. The zero-order valence-electron chi connectivity index (χ0n) is 9.62. The van der Waals surface area contributed by atoms with Crippen LogP contribution in [-0.4, -0.2) is 29.1 Å². The predicted octanol–water partition coefficient (Wildman–Crippen LogP) is 2.33. The first-order chi connectivity index (χ1) is 7.30. The van der Waals surface area contributed by atoms with Crippen molar-refractivity contribution in [3.05, 3.63) is 5.82 Å². The molecular formula is C10H19N3OS. The first-order valence-corrected chi connectivity index (χ1v) is 6.15. The Kier molecular flexibility index (Phi) is 5.57. The maximum Gasteiger partial charge on any atom is 0.202 e. The lowest BCUT2D eigenvalue weighted by Gasteiger charge is -2.13. The maximum absolute atomic E-state index is 5.12. The summed E-state index contributed by atoms with van der Waals surface area (Å²) in [6.45, 7) is 4.97. The number of aromatic nitrogens is 2. The van der Waals surface area contributed by atoms with Crippen LogP contribution in [-0.2, 0) is 11.2 Å². The molecule has 5 heteroatoms. The largest absolute Gasteiger partial charge is 0.383 e. The number of methoxy groups -OCH3 is 1. The van der Waals surface area contributed by atoms with Crippen molar-refractivity contribution in [3.63, 3.8) is 0 Å². The normalized spacial score (nSPS) is 12.7. The van der Waals surface area contributed by atoms with E-state index < -0.39 is 0 Å². The van der Waals surface area contributed by atoms with Gasteiger partial charge in [-0.3, -0.25) is 0 Å². The van der Waals surface area contributed by atoms with Gasteiger partial charge < -0.3 is 10.1 Å². The Balaban J connectivity index is 2.47. The highest BCUT2D eigenvalue weighted by Crippen LogP contribution is 2.14. The highest BCUT2D eigenvalue weighted by atomic mass is 32.1. The Morgan fingerprint density at radius 2 is 2.27 bits per heavy atom. The maximum atomic E-state index is 5.12. The number of nitrogens with zero attached hydrogens (tertiary/aromatic N) is 2. The minimum atomic E-state index is 0.331. The third kappa shape index (κ3) is 4.13. The van der Waals surface area contributed by atoms with Crippen LogP contribution in [0.3, 0.4) is 0 Å². The molecule has 0 amide bonds. The minimum Gasteiger partial charge on any atom is -0.383 e. The summed E-state index contributed by atoms with van der Waals surface area (Å²) >= 11 is 1.43. The van der Waals surface area contributed by atoms with Crippen molar-refractivity contribution in [2.75, 3.05) is 19.0 Å². The van der Waals surface area contributed by atoms with E-state index in [1.54, 1.807) is 7.11 Å². The van der Waals surface area contributed by atoms with Crippen molar-refractivity contribution < 1.29 is 4.74 Å². The summed E-state index contributed by atoms with van der Waals surface area (Å²) in [5.41, 5.74) is 0. The van der Waals surface area contributed by atoms with Gasteiger partial charge in [-0.05, 0) is 12.8 Å². The smallest absolute Gasteiger partial charge is 0.202 e. The second kappa shape index (κ2) is 6.74. The van der Waals surface area contributed by atoms with E-state index in [9.17, 15) is 0 Å². The second-order valence-electron chi connectivity index (χ2n) is 3.47. The predicted molar refractivity (Wildman–Crippen MR) is 63.5 cm³/mol. The Morgan fingerprint density at radius 1 is 1.47 bits per heavy atom. The fourth-order valence-electron chi connectivity index (χ4n) is 1.28. The molecule has 86 valence electrons. The van der Waals surface area contributed by atoms with Crippen LogP contribution in [0.1, 0.15) is 32.5 Å². The molecule has 0 radical (unpaired) electrons. The van der Waals surface area contributed by atoms with E-state index in [1.807, 2.05) is 0 Å². The monoisotopic (exact) mass is 229 g/mol. The molecule has 0 saturated carbocycles. The van der Waals surface area contributed by atoms with Gasteiger partial charge in [0.25, 0.3) is 0 Å². The van der Waals surface area contributed by atoms with Crippen LogP contribution >= 0.6 is 11.5 Å². The Morgan fingerprint density at radius 3 is 2.87 bits per heavy atom. The lowest BCUT2D eigenvalue weighted by molar-refractivity contribution is 0.184. The van der Waals surface area contributed by atoms with E-state index in [1.165, 1.54) is 11.5 Å². The molecule has 1 aromatic rings. The highest BCUT2D eigenvalue weighted by molar-refractivity contribution is 7.09. The van der Waals surface area contributed by atoms with Crippen LogP contribution in [0.15, 0.2) is 0 Å². The molecule has 0 bridgehead atoms. The van der Waals surface area contributed by atoms with Gasteiger partial charge in [-0.1, -0.05) is 13.8 Å². The van der Waals surface area contributed by atoms with Crippen molar-refractivity contribution in [1.82, 2.24) is 9.36 Å². The topological polar surface area (TPSA) is 47.0 Å². The standard InChI is InChI=1S/C10H19N3OS/c1-4-6-9-12-10(15-13-9)11-8(5-2)7-14-3/h8H,4-7H2,1-3H3,(H,11,12,13). The summed E-state index contributed by atoms with van der Waals surface area (Å²) in [4.78, 5) is 4.41. The number of anilines is 1. The minimum absolute atomic E-state index is 0.331. The molecule has 15 heavy (non-hydrogen) atoms. The summed E-state index contributed by atoms with van der Waals surface area (Å²) in [6.07, 6.45) is 3.07. The van der Waals surface area contributed by atoms with Crippen LogP contribution in [0.4, 0.5) is 5.13 Å². The van der Waals surface area contributed by atoms with E-state index in [4.69, 9.17) is 4.74 Å². The molecule has 1 unspecified atom stereocenters. The lowest BCUT2D eigenvalue weighted by Crippen LogP contribution is -2.23. The number of ether oxygens (including phenoxy) is 1. The highest BCUT2D eigenvalue weighted by Gasteiger charge is 2.09. The quantitative estimate of drug-likeness (QED) is 0.779. The molecule has 0 fully saturated rings. The zero-order valence-corrected chi connectivity index (χ0v) is 10.4. The molecule has 0 aliphatic rings. The number of rotatable bonds is 7. The molecule has 1 N–H and O–H groups in total. The summed E-state index contributed by atoms with van der Waals surface area (Å²) in [7, 11) is 1.72. The summed E-state index contributed by atoms with van der Waals surface area (Å²) < 4.78 is 9.40. The summed E-state index contributed by atoms with van der Waals surface area (Å²) in [6, 6.07) is 0.331. The molecule has 0 aromatic carbocycles. The van der Waals surface area contributed by atoms with Gasteiger partial charge >= 0.3 is 0 Å². The van der Waals surface area contributed by atoms with Gasteiger partial charge in [-0.2, -0.15) is 4.37 Å². The molecule has 0 saturated heterocycles. The molecule has 1 rings (SSSR count). The molecule has 1 heterocycles. The van der Waals surface area contributed by atoms with Gasteiger partial charge in [-0.15, -0.1) is 0 Å². The molecule has 1 aromatic heterocycles. The van der Waals surface area contributed by atoms with Gasteiger partial charge in [-0.25, -0.2) is 4.98 Å². The average molecular weight is 229 g/mol. The third-order valence-corrected chi connectivity index (χ3v) is 2.81. The Bertz CT molecular complexity index is 277. The molecule has 1 atom stereocenters. The molecular weight excluding hydrogens is 210 g/mol. The van der Waals surface area contributed by atoms with Crippen LogP contribution in [0.2, 0.25) is 0 Å². The molecule has 0 aliphatic heterocycles. The van der Waals surface area contributed by atoms with E-state index in [-0.39, 0.29) is 0 Å². The Labute approximate surface area is 95.2 Å². The van der Waals surface area contributed by atoms with Crippen molar-refractivity contribution in [1.29, 1.82) is 0 Å². The van der Waals surface area contributed by atoms with Crippen LogP contribution in [0, 0.1) is 0 Å². The van der Waals surface area contributed by atoms with Gasteiger partial charge in [0.05, 0.1) is 12.6 Å². The SMILES string of the molecule is CCCc1nsc(NC(CC)COC)n1. The van der Waals surface area contributed by atoms with Gasteiger partial charge in [0.15, 0.2) is 0 Å². The van der Waals surface area contributed by atoms with Crippen molar-refractivity contribution in [2.45, 2.75) is 39.2 Å². The third-order valence-electron chi connectivity index (χ3n) is 2.13. The lowest BCUT2D eigenvalue weighted by atomic mass is 10.2. The van der Waals surface area contributed by atoms with Gasteiger partial charge in [0.2, 0.25) is 5.13 Å². The van der Waals surface area contributed by atoms with E-state index in [0.29, 0.717) is 12.6 Å². The van der Waals surface area contributed by atoms with E-state index in [2.05, 4.69) is 28.5 Å². The molecule has 0 spiro atoms.